The summed E-state index contributed by atoms with van der Waals surface area (Å²) in [6.07, 6.45) is 1.10. The average molecular weight is 297 g/mol. The van der Waals surface area contributed by atoms with Crippen LogP contribution in [0.3, 0.4) is 0 Å². The van der Waals surface area contributed by atoms with Crippen LogP contribution in [0.2, 0.25) is 0 Å². The van der Waals surface area contributed by atoms with Gasteiger partial charge in [-0.3, -0.25) is 4.79 Å². The maximum atomic E-state index is 13.7. The number of nitrogens with two attached hydrogens (primary N) is 1. The first-order valence-electron chi connectivity index (χ1n) is 7.20. The highest BCUT2D eigenvalue weighted by Crippen LogP contribution is 2.28. The van der Waals surface area contributed by atoms with Crippen LogP contribution >= 0.6 is 0 Å². The number of anilines is 2. The molecule has 1 rings (SSSR count). The van der Waals surface area contributed by atoms with Crippen LogP contribution in [0.5, 0.6) is 5.75 Å². The van der Waals surface area contributed by atoms with Crippen molar-refractivity contribution in [3.63, 3.8) is 0 Å². The molecular formula is C15H24FN3O2. The molecule has 0 unspecified atom stereocenters. The molecule has 6 heteroatoms. The fourth-order valence-electron chi connectivity index (χ4n) is 1.73. The number of carbonyl (C=O) groups excluding carboxylic acids is 1. The highest BCUT2D eigenvalue weighted by Gasteiger charge is 2.10. The lowest BCUT2D eigenvalue weighted by atomic mass is 10.2. The second-order valence-corrected chi connectivity index (χ2v) is 5.06. The molecule has 1 amide bonds. The predicted octanol–water partition coefficient (Wildman–Crippen LogP) is 2.52. The second-order valence-electron chi connectivity index (χ2n) is 5.06. The Kier molecular flexibility index (Phi) is 6.78. The van der Waals surface area contributed by atoms with Crippen LogP contribution < -0.4 is 21.1 Å². The SMILES string of the molecule is CCCNC(=O)CCNc1cc(OC(C)C)c(F)cc1N. The van der Waals surface area contributed by atoms with Crippen molar-refractivity contribution in [2.75, 3.05) is 24.1 Å². The summed E-state index contributed by atoms with van der Waals surface area (Å²) in [5.74, 6) is -0.367. The summed E-state index contributed by atoms with van der Waals surface area (Å²) in [5, 5.41) is 5.81. The van der Waals surface area contributed by atoms with E-state index >= 15 is 0 Å². The lowest BCUT2D eigenvalue weighted by molar-refractivity contribution is -0.120. The standard InChI is InChI=1S/C15H24FN3O2/c1-4-6-19-15(20)5-7-18-13-9-14(21-10(2)3)11(16)8-12(13)17/h8-10,18H,4-7,17H2,1-3H3,(H,19,20). The summed E-state index contributed by atoms with van der Waals surface area (Å²) in [5.41, 5.74) is 6.61. The van der Waals surface area contributed by atoms with Crippen molar-refractivity contribution in [1.82, 2.24) is 5.32 Å². The lowest BCUT2D eigenvalue weighted by Crippen LogP contribution is -2.26. The highest BCUT2D eigenvalue weighted by atomic mass is 19.1. The minimum atomic E-state index is -0.493. The minimum absolute atomic E-state index is 0.0244. The molecule has 1 aromatic carbocycles. The Hall–Kier alpha value is -1.98. The molecule has 0 radical (unpaired) electrons. The number of benzene rings is 1. The van der Waals surface area contributed by atoms with Crippen molar-refractivity contribution in [3.8, 4) is 5.75 Å². The largest absolute Gasteiger partial charge is 0.488 e. The smallest absolute Gasteiger partial charge is 0.221 e. The zero-order chi connectivity index (χ0) is 15.8. The Morgan fingerprint density at radius 2 is 2.10 bits per heavy atom. The molecule has 0 aliphatic carbocycles. The van der Waals surface area contributed by atoms with E-state index in [0.717, 1.165) is 6.42 Å². The Morgan fingerprint density at radius 3 is 2.71 bits per heavy atom. The minimum Gasteiger partial charge on any atom is -0.488 e. The molecule has 0 saturated heterocycles. The van der Waals surface area contributed by atoms with Gasteiger partial charge >= 0.3 is 0 Å². The molecule has 5 nitrogen and oxygen atoms in total. The van der Waals surface area contributed by atoms with Crippen LogP contribution in [-0.4, -0.2) is 25.1 Å². The molecule has 0 fully saturated rings. The first-order valence-corrected chi connectivity index (χ1v) is 7.20. The van der Waals surface area contributed by atoms with Crippen LogP contribution in [0.25, 0.3) is 0 Å². The van der Waals surface area contributed by atoms with Gasteiger partial charge in [0.1, 0.15) is 0 Å². The number of nitrogens with one attached hydrogen (secondary N) is 2. The van der Waals surface area contributed by atoms with E-state index in [-0.39, 0.29) is 23.4 Å². The Labute approximate surface area is 125 Å². The van der Waals surface area contributed by atoms with Crippen molar-refractivity contribution in [2.45, 2.75) is 39.7 Å². The molecule has 21 heavy (non-hydrogen) atoms. The molecule has 0 bridgehead atoms. The quantitative estimate of drug-likeness (QED) is 0.644. The number of rotatable bonds is 8. The zero-order valence-electron chi connectivity index (χ0n) is 12.8. The Balaban J connectivity index is 2.60. The van der Waals surface area contributed by atoms with Crippen LogP contribution in [0.1, 0.15) is 33.6 Å². The molecule has 0 heterocycles. The number of nitrogen functional groups attached to an aromatic ring is 1. The Bertz CT molecular complexity index is 478. The van der Waals surface area contributed by atoms with E-state index in [0.29, 0.717) is 25.2 Å². The van der Waals surface area contributed by atoms with E-state index in [1.165, 1.54) is 12.1 Å². The highest BCUT2D eigenvalue weighted by molar-refractivity contribution is 5.77. The molecule has 0 atom stereocenters. The van der Waals surface area contributed by atoms with Gasteiger partial charge in [0.15, 0.2) is 11.6 Å². The third-order valence-electron chi connectivity index (χ3n) is 2.71. The van der Waals surface area contributed by atoms with E-state index in [1.54, 1.807) is 0 Å². The summed E-state index contributed by atoms with van der Waals surface area (Å²) in [7, 11) is 0. The molecule has 0 spiro atoms. The van der Waals surface area contributed by atoms with E-state index in [2.05, 4.69) is 10.6 Å². The number of halogens is 1. The van der Waals surface area contributed by atoms with Crippen molar-refractivity contribution >= 4 is 17.3 Å². The molecule has 0 aliphatic rings. The normalized spacial score (nSPS) is 10.5. The number of amides is 1. The van der Waals surface area contributed by atoms with Gasteiger partial charge < -0.3 is 21.1 Å². The second kappa shape index (κ2) is 8.34. The summed E-state index contributed by atoms with van der Waals surface area (Å²) in [6.45, 7) is 6.73. The first-order chi connectivity index (χ1) is 9.93. The maximum absolute atomic E-state index is 13.7. The van der Waals surface area contributed by atoms with Gasteiger partial charge in [-0.25, -0.2) is 4.39 Å². The van der Waals surface area contributed by atoms with Crippen molar-refractivity contribution in [1.29, 1.82) is 0 Å². The summed E-state index contributed by atoms with van der Waals surface area (Å²) >= 11 is 0. The average Bonchev–Trinajstić information content (AvgIpc) is 2.40. The van der Waals surface area contributed by atoms with Crippen LogP contribution in [0.4, 0.5) is 15.8 Å². The first kappa shape index (κ1) is 17.1. The molecule has 0 aliphatic heterocycles. The van der Waals surface area contributed by atoms with Crippen molar-refractivity contribution in [2.24, 2.45) is 0 Å². The third kappa shape index (κ3) is 5.89. The maximum Gasteiger partial charge on any atom is 0.221 e. The monoisotopic (exact) mass is 297 g/mol. The zero-order valence-corrected chi connectivity index (χ0v) is 12.8. The van der Waals surface area contributed by atoms with E-state index < -0.39 is 5.82 Å². The van der Waals surface area contributed by atoms with Crippen molar-refractivity contribution in [3.05, 3.63) is 17.9 Å². The molecule has 0 aromatic heterocycles. The van der Waals surface area contributed by atoms with E-state index in [4.69, 9.17) is 10.5 Å². The van der Waals surface area contributed by atoms with Gasteiger partial charge in [-0.05, 0) is 20.3 Å². The third-order valence-corrected chi connectivity index (χ3v) is 2.71. The van der Waals surface area contributed by atoms with Gasteiger partial charge in [0.2, 0.25) is 5.91 Å². The molecular weight excluding hydrogens is 273 g/mol. The number of hydrogen-bond donors (Lipinski definition) is 3. The lowest BCUT2D eigenvalue weighted by Gasteiger charge is -2.15. The van der Waals surface area contributed by atoms with Crippen LogP contribution in [0, 0.1) is 5.82 Å². The van der Waals surface area contributed by atoms with Gasteiger partial charge in [-0.15, -0.1) is 0 Å². The molecule has 0 saturated carbocycles. The molecule has 118 valence electrons. The molecule has 1 aromatic rings. The van der Waals surface area contributed by atoms with Gasteiger partial charge in [-0.1, -0.05) is 6.92 Å². The van der Waals surface area contributed by atoms with Crippen LogP contribution in [-0.2, 0) is 4.79 Å². The topological polar surface area (TPSA) is 76.4 Å². The van der Waals surface area contributed by atoms with E-state index in [1.807, 2.05) is 20.8 Å². The number of hydrogen-bond acceptors (Lipinski definition) is 4. The predicted molar refractivity (Wildman–Crippen MR) is 83.0 cm³/mol. The van der Waals surface area contributed by atoms with E-state index in [9.17, 15) is 9.18 Å². The van der Waals surface area contributed by atoms with Gasteiger partial charge in [0.05, 0.1) is 17.5 Å². The summed E-state index contributed by atoms with van der Waals surface area (Å²) in [4.78, 5) is 11.5. The fourth-order valence-corrected chi connectivity index (χ4v) is 1.73. The summed E-state index contributed by atoms with van der Waals surface area (Å²) < 4.78 is 19.1. The van der Waals surface area contributed by atoms with Crippen LogP contribution in [0.15, 0.2) is 12.1 Å². The number of carbonyl (C=O) groups is 1. The van der Waals surface area contributed by atoms with Gasteiger partial charge in [0.25, 0.3) is 0 Å². The fraction of sp³-hybridized carbons (Fsp3) is 0.533. The summed E-state index contributed by atoms with van der Waals surface area (Å²) in [6, 6.07) is 2.74. The Morgan fingerprint density at radius 1 is 1.38 bits per heavy atom. The van der Waals surface area contributed by atoms with Crippen molar-refractivity contribution < 1.29 is 13.9 Å². The molecule has 4 N–H and O–H groups in total. The van der Waals surface area contributed by atoms with Gasteiger partial charge in [-0.2, -0.15) is 0 Å². The number of ether oxygens (including phenoxy) is 1. The van der Waals surface area contributed by atoms with Gasteiger partial charge in [0, 0.05) is 31.6 Å².